The smallest absolute Gasteiger partial charge is 0.269 e. The monoisotopic (exact) mass is 492 g/mol. The molecule has 0 aliphatic carbocycles. The second-order valence-electron chi connectivity index (χ2n) is 8.02. The predicted octanol–water partition coefficient (Wildman–Crippen LogP) is 6.06. The highest BCUT2D eigenvalue weighted by Crippen LogP contribution is 2.27. The van der Waals surface area contributed by atoms with Crippen LogP contribution >= 0.6 is 11.6 Å². The molecule has 5 aromatic rings. The van der Waals surface area contributed by atoms with Crippen molar-refractivity contribution in [2.24, 2.45) is 0 Å². The first-order valence-electron chi connectivity index (χ1n) is 11.2. The molecule has 0 atom stereocenters. The molecule has 0 amide bonds. The Hall–Kier alpha value is -4.62. The van der Waals surface area contributed by atoms with Crippen LogP contribution in [0.25, 0.3) is 28.3 Å². The van der Waals surface area contributed by atoms with Crippen LogP contribution in [0, 0.1) is 12.3 Å². The molecule has 0 saturated carbocycles. The molecule has 36 heavy (non-hydrogen) atoms. The van der Waals surface area contributed by atoms with E-state index in [9.17, 15) is 4.79 Å². The topological polar surface area (TPSA) is 96.5 Å². The quantitative estimate of drug-likeness (QED) is 0.281. The van der Waals surface area contributed by atoms with Crippen molar-refractivity contribution in [1.29, 1.82) is 5.41 Å². The summed E-state index contributed by atoms with van der Waals surface area (Å²) in [7, 11) is 0. The second kappa shape index (κ2) is 9.93. The van der Waals surface area contributed by atoms with Gasteiger partial charge in [-0.05, 0) is 49.4 Å². The Morgan fingerprint density at radius 1 is 0.889 bits per heavy atom. The third kappa shape index (κ3) is 4.64. The molecule has 5 rings (SSSR count). The van der Waals surface area contributed by atoms with Gasteiger partial charge in [0.2, 0.25) is 0 Å². The summed E-state index contributed by atoms with van der Waals surface area (Å²) in [6, 6.07) is 25.9. The van der Waals surface area contributed by atoms with Crippen molar-refractivity contribution in [3.8, 4) is 28.3 Å². The summed E-state index contributed by atoms with van der Waals surface area (Å²) < 4.78 is 1.50. The third-order valence-corrected chi connectivity index (χ3v) is 5.85. The minimum absolute atomic E-state index is 0.144. The summed E-state index contributed by atoms with van der Waals surface area (Å²) in [6.45, 7) is 1.85. The van der Waals surface area contributed by atoms with E-state index in [0.29, 0.717) is 28.2 Å². The Kier molecular flexibility index (Phi) is 6.38. The Bertz CT molecular complexity index is 1600. The Morgan fingerprint density at radius 2 is 1.58 bits per heavy atom. The van der Waals surface area contributed by atoms with Gasteiger partial charge in [0.05, 0.1) is 11.4 Å². The maximum Gasteiger partial charge on any atom is 0.269 e. The molecule has 0 unspecified atom stereocenters. The lowest BCUT2D eigenvalue weighted by Crippen LogP contribution is -2.26. The molecule has 2 aromatic heterocycles. The number of aromatic nitrogens is 4. The highest BCUT2D eigenvalue weighted by molar-refractivity contribution is 6.30. The standard InChI is InChI=1S/C28H21ClN6O/c1-18-31-16-15-25(32-18)19-7-9-20(10-8-19)27-34-26(33-22-5-3-2-4-6-22)24(17-30)28(36)35(27)23-13-11-21(29)12-14-23/h2-17,30,33H,1H3. The lowest BCUT2D eigenvalue weighted by molar-refractivity contribution is 0.948. The van der Waals surface area contributed by atoms with E-state index >= 15 is 0 Å². The lowest BCUT2D eigenvalue weighted by Gasteiger charge is -2.17. The zero-order chi connectivity index (χ0) is 25.1. The van der Waals surface area contributed by atoms with Crippen molar-refractivity contribution in [3.05, 3.63) is 118 Å². The average Bonchev–Trinajstić information content (AvgIpc) is 2.90. The summed E-state index contributed by atoms with van der Waals surface area (Å²) in [4.78, 5) is 27.2. The molecule has 2 heterocycles. The molecule has 2 N–H and O–H groups in total. The number of anilines is 2. The maximum atomic E-state index is 13.7. The van der Waals surface area contributed by atoms with E-state index in [1.54, 1.807) is 30.5 Å². The number of hydrogen-bond donors (Lipinski definition) is 2. The number of halogens is 1. The van der Waals surface area contributed by atoms with Crippen molar-refractivity contribution in [3.63, 3.8) is 0 Å². The molecule has 0 radical (unpaired) electrons. The zero-order valence-electron chi connectivity index (χ0n) is 19.3. The van der Waals surface area contributed by atoms with E-state index in [1.165, 1.54) is 4.57 Å². The summed E-state index contributed by atoms with van der Waals surface area (Å²) in [5.41, 5.74) is 3.58. The normalized spacial score (nSPS) is 10.7. The van der Waals surface area contributed by atoms with E-state index in [-0.39, 0.29) is 11.1 Å². The van der Waals surface area contributed by atoms with Crippen molar-refractivity contribution < 1.29 is 0 Å². The Balaban J connectivity index is 1.69. The van der Waals surface area contributed by atoms with Crippen molar-refractivity contribution in [2.45, 2.75) is 6.92 Å². The average molecular weight is 493 g/mol. The summed E-state index contributed by atoms with van der Waals surface area (Å²) in [5, 5.41) is 11.7. The van der Waals surface area contributed by atoms with Crippen molar-refractivity contribution >= 4 is 29.3 Å². The molecule has 0 aliphatic rings. The van der Waals surface area contributed by atoms with Crippen LogP contribution in [0.3, 0.4) is 0 Å². The highest BCUT2D eigenvalue weighted by atomic mass is 35.5. The van der Waals surface area contributed by atoms with Crippen LogP contribution in [0.1, 0.15) is 11.4 Å². The Labute approximate surface area is 212 Å². The van der Waals surface area contributed by atoms with Crippen LogP contribution in [0.2, 0.25) is 5.02 Å². The van der Waals surface area contributed by atoms with E-state index in [2.05, 4.69) is 15.3 Å². The molecule has 0 saturated heterocycles. The SMILES string of the molecule is Cc1nccc(-c2ccc(-c3nc(Nc4ccccc4)c(C=N)c(=O)n3-c3ccc(Cl)cc3)cc2)n1. The number of rotatable bonds is 6. The Morgan fingerprint density at radius 3 is 2.25 bits per heavy atom. The van der Waals surface area contributed by atoms with E-state index in [1.807, 2.05) is 67.6 Å². The van der Waals surface area contributed by atoms with Gasteiger partial charge in [-0.3, -0.25) is 9.36 Å². The predicted molar refractivity (Wildman–Crippen MR) is 144 cm³/mol. The largest absolute Gasteiger partial charge is 0.339 e. The van der Waals surface area contributed by atoms with Gasteiger partial charge in [0.15, 0.2) is 0 Å². The molecule has 0 aliphatic heterocycles. The van der Waals surface area contributed by atoms with Crippen LogP contribution < -0.4 is 10.9 Å². The number of para-hydroxylation sites is 1. The van der Waals surface area contributed by atoms with Gasteiger partial charge in [0.25, 0.3) is 5.56 Å². The van der Waals surface area contributed by atoms with Crippen LogP contribution in [-0.4, -0.2) is 25.7 Å². The molecule has 3 aromatic carbocycles. The zero-order valence-corrected chi connectivity index (χ0v) is 20.1. The molecule has 0 bridgehead atoms. The summed E-state index contributed by atoms with van der Waals surface area (Å²) in [6.07, 6.45) is 2.75. The molecule has 176 valence electrons. The molecule has 0 fully saturated rings. The third-order valence-electron chi connectivity index (χ3n) is 5.60. The van der Waals surface area contributed by atoms with Crippen LogP contribution in [-0.2, 0) is 0 Å². The number of nitrogens with zero attached hydrogens (tertiary/aromatic N) is 4. The van der Waals surface area contributed by atoms with Gasteiger partial charge in [-0.25, -0.2) is 15.0 Å². The first-order valence-corrected chi connectivity index (χ1v) is 11.6. The first-order chi connectivity index (χ1) is 17.5. The molecule has 0 spiro atoms. The van der Waals surface area contributed by atoms with Gasteiger partial charge in [-0.1, -0.05) is 54.1 Å². The van der Waals surface area contributed by atoms with Gasteiger partial charge in [-0.2, -0.15) is 0 Å². The summed E-state index contributed by atoms with van der Waals surface area (Å²) in [5.74, 6) is 1.42. The molecule has 7 nitrogen and oxygen atoms in total. The fraction of sp³-hybridized carbons (Fsp3) is 0.0357. The maximum absolute atomic E-state index is 13.7. The number of aryl methyl sites for hydroxylation is 1. The van der Waals surface area contributed by atoms with Gasteiger partial charge >= 0.3 is 0 Å². The van der Waals surface area contributed by atoms with E-state index < -0.39 is 0 Å². The fourth-order valence-electron chi connectivity index (χ4n) is 3.85. The second-order valence-corrected chi connectivity index (χ2v) is 8.45. The molecular weight excluding hydrogens is 472 g/mol. The first kappa shape index (κ1) is 23.1. The number of benzene rings is 3. The highest BCUT2D eigenvalue weighted by Gasteiger charge is 2.18. The van der Waals surface area contributed by atoms with Crippen molar-refractivity contribution in [2.75, 3.05) is 5.32 Å². The van der Waals surface area contributed by atoms with Gasteiger partial charge in [0, 0.05) is 34.2 Å². The van der Waals surface area contributed by atoms with Gasteiger partial charge in [0.1, 0.15) is 23.0 Å². The fourth-order valence-corrected chi connectivity index (χ4v) is 3.97. The van der Waals surface area contributed by atoms with E-state index in [4.69, 9.17) is 22.0 Å². The minimum atomic E-state index is -0.369. The molecule has 8 heteroatoms. The lowest BCUT2D eigenvalue weighted by atomic mass is 10.1. The number of hydrogen-bond acceptors (Lipinski definition) is 6. The molecular formula is C28H21ClN6O. The van der Waals surface area contributed by atoms with Crippen molar-refractivity contribution in [1.82, 2.24) is 19.5 Å². The van der Waals surface area contributed by atoms with Crippen LogP contribution in [0.15, 0.2) is 95.9 Å². The summed E-state index contributed by atoms with van der Waals surface area (Å²) >= 11 is 6.10. The van der Waals surface area contributed by atoms with Crippen LogP contribution in [0.5, 0.6) is 0 Å². The minimum Gasteiger partial charge on any atom is -0.339 e. The van der Waals surface area contributed by atoms with Gasteiger partial charge < -0.3 is 10.7 Å². The number of nitrogens with one attached hydrogen (secondary N) is 2. The van der Waals surface area contributed by atoms with Crippen LogP contribution in [0.4, 0.5) is 11.5 Å². The van der Waals surface area contributed by atoms with Gasteiger partial charge in [-0.15, -0.1) is 0 Å². The van der Waals surface area contributed by atoms with E-state index in [0.717, 1.165) is 28.7 Å².